The van der Waals surface area contributed by atoms with E-state index in [-0.39, 0.29) is 0 Å². The van der Waals surface area contributed by atoms with Crippen molar-refractivity contribution in [2.45, 2.75) is 44.7 Å². The molecule has 2 fully saturated rings. The highest BCUT2D eigenvalue weighted by Crippen LogP contribution is 2.23. The average Bonchev–Trinajstić information content (AvgIpc) is 2.99. The lowest BCUT2D eigenvalue weighted by Gasteiger charge is -2.30. The van der Waals surface area contributed by atoms with Gasteiger partial charge >= 0.3 is 0 Å². The molecule has 1 aromatic rings. The van der Waals surface area contributed by atoms with Crippen molar-refractivity contribution in [1.82, 2.24) is 14.8 Å². The second-order valence-electron chi connectivity index (χ2n) is 5.79. The van der Waals surface area contributed by atoms with Crippen molar-refractivity contribution in [3.8, 4) is 0 Å². The Morgan fingerprint density at radius 2 is 2.00 bits per heavy atom. The molecule has 1 unspecified atom stereocenters. The summed E-state index contributed by atoms with van der Waals surface area (Å²) in [6.07, 6.45) is 8.81. The van der Waals surface area contributed by atoms with Gasteiger partial charge in [-0.3, -0.25) is 9.80 Å². The highest BCUT2D eigenvalue weighted by atomic mass is 32.1. The van der Waals surface area contributed by atoms with Gasteiger partial charge in [0.25, 0.3) is 0 Å². The Labute approximate surface area is 119 Å². The third-order valence-electron chi connectivity index (χ3n) is 4.34. The number of nitrogen functional groups attached to an aromatic ring is 1. The first-order valence-corrected chi connectivity index (χ1v) is 8.29. The summed E-state index contributed by atoms with van der Waals surface area (Å²) in [5.74, 6) is 0. The van der Waals surface area contributed by atoms with Crippen LogP contribution in [0.3, 0.4) is 0 Å². The molecule has 2 N–H and O–H groups in total. The van der Waals surface area contributed by atoms with Gasteiger partial charge in [0.05, 0.1) is 0 Å². The van der Waals surface area contributed by atoms with E-state index in [9.17, 15) is 0 Å². The molecule has 2 aliphatic rings. The lowest BCUT2D eigenvalue weighted by molar-refractivity contribution is 0.168. The van der Waals surface area contributed by atoms with E-state index in [1.807, 2.05) is 6.20 Å². The van der Waals surface area contributed by atoms with E-state index in [4.69, 9.17) is 5.73 Å². The molecule has 0 aliphatic carbocycles. The number of nitrogens with two attached hydrogens (primary N) is 1. The molecule has 0 amide bonds. The van der Waals surface area contributed by atoms with E-state index in [0.717, 1.165) is 12.6 Å². The lowest BCUT2D eigenvalue weighted by atomic mass is 10.1. The van der Waals surface area contributed by atoms with Crippen molar-refractivity contribution in [3.05, 3.63) is 11.1 Å². The zero-order valence-electron chi connectivity index (χ0n) is 11.6. The minimum absolute atomic E-state index is 0.695. The molecule has 2 saturated heterocycles. The molecule has 0 spiro atoms. The van der Waals surface area contributed by atoms with Crippen LogP contribution in [0.2, 0.25) is 0 Å². The fourth-order valence-electron chi connectivity index (χ4n) is 3.36. The standard InChI is InChI=1S/C14H24N4S/c15-14-16-9-13(19-14)11-17-6-2-1-5-12(10-17)18-7-3-4-8-18/h9,12H,1-8,10-11H2,(H2,15,16). The van der Waals surface area contributed by atoms with Crippen LogP contribution in [-0.2, 0) is 6.54 Å². The molecule has 0 saturated carbocycles. The van der Waals surface area contributed by atoms with Gasteiger partial charge in [-0.2, -0.15) is 0 Å². The van der Waals surface area contributed by atoms with Crippen molar-refractivity contribution in [2.24, 2.45) is 0 Å². The third kappa shape index (κ3) is 3.46. The van der Waals surface area contributed by atoms with E-state index in [1.54, 1.807) is 11.3 Å². The van der Waals surface area contributed by atoms with Gasteiger partial charge in [0.1, 0.15) is 0 Å². The van der Waals surface area contributed by atoms with Crippen molar-refractivity contribution in [2.75, 3.05) is 31.9 Å². The predicted molar refractivity (Wildman–Crippen MR) is 80.2 cm³/mol. The highest BCUT2D eigenvalue weighted by molar-refractivity contribution is 7.15. The maximum absolute atomic E-state index is 5.72. The SMILES string of the molecule is Nc1ncc(CN2CCCCC(N3CCCC3)C2)s1. The Kier molecular flexibility index (Phi) is 4.35. The summed E-state index contributed by atoms with van der Waals surface area (Å²) in [6.45, 7) is 6.09. The number of hydrogen-bond donors (Lipinski definition) is 1. The van der Waals surface area contributed by atoms with Crippen molar-refractivity contribution in [3.63, 3.8) is 0 Å². The Morgan fingerprint density at radius 3 is 2.74 bits per heavy atom. The molecule has 1 aromatic heterocycles. The Hall–Kier alpha value is -0.650. The summed E-state index contributed by atoms with van der Waals surface area (Å²) < 4.78 is 0. The van der Waals surface area contributed by atoms with Crippen molar-refractivity contribution in [1.29, 1.82) is 0 Å². The molecule has 19 heavy (non-hydrogen) atoms. The van der Waals surface area contributed by atoms with Crippen LogP contribution in [0, 0.1) is 0 Å². The topological polar surface area (TPSA) is 45.4 Å². The Balaban J connectivity index is 1.60. The van der Waals surface area contributed by atoms with Crippen LogP contribution < -0.4 is 5.73 Å². The molecule has 2 aliphatic heterocycles. The summed E-state index contributed by atoms with van der Waals surface area (Å²) in [5, 5.41) is 0.695. The molecule has 5 heteroatoms. The molecule has 1 atom stereocenters. The average molecular weight is 280 g/mol. The first-order chi connectivity index (χ1) is 9.31. The molecule has 3 heterocycles. The van der Waals surface area contributed by atoms with Gasteiger partial charge in [-0.25, -0.2) is 4.98 Å². The number of rotatable bonds is 3. The molecular formula is C14H24N4S. The zero-order valence-corrected chi connectivity index (χ0v) is 12.4. The van der Waals surface area contributed by atoms with E-state index in [0.29, 0.717) is 5.13 Å². The van der Waals surface area contributed by atoms with Gasteiger partial charge in [0, 0.05) is 30.2 Å². The first kappa shape index (κ1) is 13.3. The molecule has 106 valence electrons. The Morgan fingerprint density at radius 1 is 1.21 bits per heavy atom. The predicted octanol–water partition coefficient (Wildman–Crippen LogP) is 2.18. The van der Waals surface area contributed by atoms with E-state index >= 15 is 0 Å². The largest absolute Gasteiger partial charge is 0.375 e. The summed E-state index contributed by atoms with van der Waals surface area (Å²) in [6, 6.07) is 0.773. The van der Waals surface area contributed by atoms with Gasteiger partial charge in [-0.15, -0.1) is 11.3 Å². The second kappa shape index (κ2) is 6.20. The van der Waals surface area contributed by atoms with Crippen molar-refractivity contribution < 1.29 is 0 Å². The number of anilines is 1. The fraction of sp³-hybridized carbons (Fsp3) is 0.786. The van der Waals surface area contributed by atoms with E-state index in [2.05, 4.69) is 14.8 Å². The quantitative estimate of drug-likeness (QED) is 0.922. The van der Waals surface area contributed by atoms with Gasteiger partial charge in [-0.05, 0) is 45.3 Å². The molecular weight excluding hydrogens is 256 g/mol. The number of thiazole rings is 1. The van der Waals surface area contributed by atoms with Gasteiger partial charge in [-0.1, -0.05) is 6.42 Å². The summed E-state index contributed by atoms with van der Waals surface area (Å²) in [4.78, 5) is 10.8. The second-order valence-corrected chi connectivity index (χ2v) is 6.94. The van der Waals surface area contributed by atoms with Gasteiger partial charge < -0.3 is 5.73 Å². The van der Waals surface area contributed by atoms with Gasteiger partial charge in [0.15, 0.2) is 5.13 Å². The molecule has 3 rings (SSSR count). The van der Waals surface area contributed by atoms with Gasteiger partial charge in [0.2, 0.25) is 0 Å². The summed E-state index contributed by atoms with van der Waals surface area (Å²) >= 11 is 1.63. The highest BCUT2D eigenvalue weighted by Gasteiger charge is 2.25. The third-order valence-corrected chi connectivity index (χ3v) is 5.15. The van der Waals surface area contributed by atoms with Crippen LogP contribution in [0.5, 0.6) is 0 Å². The normalized spacial score (nSPS) is 26.6. The monoisotopic (exact) mass is 280 g/mol. The number of hydrogen-bond acceptors (Lipinski definition) is 5. The van der Waals surface area contributed by atoms with Crippen LogP contribution in [0.1, 0.15) is 37.0 Å². The van der Waals surface area contributed by atoms with Crippen LogP contribution >= 0.6 is 11.3 Å². The maximum atomic E-state index is 5.72. The smallest absolute Gasteiger partial charge is 0.180 e. The number of aromatic nitrogens is 1. The number of nitrogens with zero attached hydrogens (tertiary/aromatic N) is 3. The Bertz CT molecular complexity index is 400. The zero-order chi connectivity index (χ0) is 13.1. The van der Waals surface area contributed by atoms with Crippen LogP contribution in [0.25, 0.3) is 0 Å². The summed E-state index contributed by atoms with van der Waals surface area (Å²) in [5.41, 5.74) is 5.72. The van der Waals surface area contributed by atoms with Crippen LogP contribution in [0.15, 0.2) is 6.20 Å². The first-order valence-electron chi connectivity index (χ1n) is 7.48. The molecule has 0 aromatic carbocycles. The number of likely N-dealkylation sites (tertiary alicyclic amines) is 2. The molecule has 4 nitrogen and oxygen atoms in total. The maximum Gasteiger partial charge on any atom is 0.180 e. The van der Waals surface area contributed by atoms with Crippen LogP contribution in [-0.4, -0.2) is 47.0 Å². The van der Waals surface area contributed by atoms with E-state index < -0.39 is 0 Å². The minimum Gasteiger partial charge on any atom is -0.375 e. The summed E-state index contributed by atoms with van der Waals surface area (Å²) in [7, 11) is 0. The minimum atomic E-state index is 0.695. The lowest BCUT2D eigenvalue weighted by Crippen LogP contribution is -2.41. The van der Waals surface area contributed by atoms with Crippen LogP contribution in [0.4, 0.5) is 5.13 Å². The molecule has 0 radical (unpaired) electrons. The van der Waals surface area contributed by atoms with E-state index in [1.165, 1.54) is 63.2 Å². The van der Waals surface area contributed by atoms with Crippen molar-refractivity contribution >= 4 is 16.5 Å². The molecule has 0 bridgehead atoms. The fourth-order valence-corrected chi connectivity index (χ4v) is 4.09.